The molecule has 0 fully saturated rings. The van der Waals surface area contributed by atoms with E-state index >= 15 is 0 Å². The first-order chi connectivity index (χ1) is 8.54. The van der Waals surface area contributed by atoms with Crippen LogP contribution in [0.25, 0.3) is 10.9 Å². The first-order valence-corrected chi connectivity index (χ1v) is 6.77. The van der Waals surface area contributed by atoms with Crippen LogP contribution in [0.3, 0.4) is 0 Å². The smallest absolute Gasteiger partial charge is 0.168 e. The molecule has 1 aromatic heterocycles. The van der Waals surface area contributed by atoms with E-state index in [9.17, 15) is 4.79 Å². The van der Waals surface area contributed by atoms with Gasteiger partial charge in [0, 0.05) is 16.4 Å². The number of halogens is 2. The molecule has 0 spiro atoms. The summed E-state index contributed by atoms with van der Waals surface area (Å²) in [5, 5.41) is 1.42. The molecule has 2 aromatic rings. The molecule has 0 aliphatic carbocycles. The summed E-state index contributed by atoms with van der Waals surface area (Å²) < 4.78 is 2.89. The number of allylic oxidation sites excluding steroid dienone is 2. The lowest BCUT2D eigenvalue weighted by atomic mass is 10.2. The van der Waals surface area contributed by atoms with Crippen molar-refractivity contribution in [1.29, 1.82) is 0 Å². The maximum atomic E-state index is 11.2. The summed E-state index contributed by atoms with van der Waals surface area (Å²) in [6, 6.07) is 5.85. The molecular formula is C14H13BrClNO. The second-order valence-corrected chi connectivity index (χ2v) is 5.66. The quantitative estimate of drug-likeness (QED) is 0.584. The van der Waals surface area contributed by atoms with Gasteiger partial charge in [-0.1, -0.05) is 39.2 Å². The fourth-order valence-corrected chi connectivity index (χ4v) is 2.55. The molecule has 0 aliphatic rings. The van der Waals surface area contributed by atoms with Crippen LogP contribution < -0.4 is 0 Å². The third-order valence-corrected chi connectivity index (χ3v) is 3.69. The van der Waals surface area contributed by atoms with Gasteiger partial charge in [-0.05, 0) is 32.0 Å². The zero-order valence-electron chi connectivity index (χ0n) is 10.2. The standard InChI is InChI=1S/C14H13BrClNO/c1-9(2)5-6-17-12-4-3-10(15)7-11(12)14(16)13(17)8-18/h3-5,7-8H,6H2,1-2H3. The Hall–Kier alpha value is -1.06. The van der Waals surface area contributed by atoms with E-state index in [4.69, 9.17) is 11.6 Å². The van der Waals surface area contributed by atoms with Crippen molar-refractivity contribution in [3.8, 4) is 0 Å². The van der Waals surface area contributed by atoms with E-state index in [1.54, 1.807) is 0 Å². The number of benzene rings is 1. The molecule has 0 atom stereocenters. The predicted molar refractivity (Wildman–Crippen MR) is 79.5 cm³/mol. The van der Waals surface area contributed by atoms with Crippen LogP contribution in [0.5, 0.6) is 0 Å². The van der Waals surface area contributed by atoms with Gasteiger partial charge in [-0.15, -0.1) is 0 Å². The van der Waals surface area contributed by atoms with Gasteiger partial charge in [0.2, 0.25) is 0 Å². The average Bonchev–Trinajstić information content (AvgIpc) is 2.59. The van der Waals surface area contributed by atoms with E-state index in [0.29, 0.717) is 17.3 Å². The van der Waals surface area contributed by atoms with E-state index in [0.717, 1.165) is 21.7 Å². The highest BCUT2D eigenvalue weighted by Crippen LogP contribution is 2.32. The predicted octanol–water partition coefficient (Wildman–Crippen LogP) is 4.84. The number of rotatable bonds is 3. The Labute approximate surface area is 119 Å². The minimum atomic E-state index is 0.517. The Morgan fingerprint density at radius 3 is 2.78 bits per heavy atom. The molecule has 4 heteroatoms. The largest absolute Gasteiger partial charge is 0.333 e. The summed E-state index contributed by atoms with van der Waals surface area (Å²) in [5.74, 6) is 0. The third kappa shape index (κ3) is 2.38. The molecular weight excluding hydrogens is 314 g/mol. The van der Waals surface area contributed by atoms with Crippen LogP contribution in [-0.4, -0.2) is 10.9 Å². The Bertz CT molecular complexity index is 639. The van der Waals surface area contributed by atoms with Crippen LogP contribution in [0.2, 0.25) is 5.02 Å². The summed E-state index contributed by atoms with van der Waals surface area (Å²) in [5.41, 5.74) is 2.71. The zero-order chi connectivity index (χ0) is 13.3. The van der Waals surface area contributed by atoms with Gasteiger partial charge < -0.3 is 4.57 Å². The van der Waals surface area contributed by atoms with Gasteiger partial charge in [0.25, 0.3) is 0 Å². The summed E-state index contributed by atoms with van der Waals surface area (Å²) >= 11 is 9.67. The fourth-order valence-electron chi connectivity index (χ4n) is 1.89. The number of carbonyl (C=O) groups is 1. The number of nitrogens with zero attached hydrogens (tertiary/aromatic N) is 1. The maximum absolute atomic E-state index is 11.2. The van der Waals surface area contributed by atoms with Crippen molar-refractivity contribution >= 4 is 44.7 Å². The highest BCUT2D eigenvalue weighted by Gasteiger charge is 2.14. The lowest BCUT2D eigenvalue weighted by molar-refractivity contribution is 0.111. The number of fused-ring (bicyclic) bond motifs is 1. The van der Waals surface area contributed by atoms with E-state index in [2.05, 4.69) is 22.0 Å². The van der Waals surface area contributed by atoms with Gasteiger partial charge in [-0.3, -0.25) is 4.79 Å². The van der Waals surface area contributed by atoms with Crippen molar-refractivity contribution < 1.29 is 4.79 Å². The van der Waals surface area contributed by atoms with Crippen molar-refractivity contribution in [2.45, 2.75) is 20.4 Å². The first-order valence-electron chi connectivity index (χ1n) is 5.60. The zero-order valence-corrected chi connectivity index (χ0v) is 12.5. The number of aldehydes is 1. The van der Waals surface area contributed by atoms with Crippen molar-refractivity contribution in [2.75, 3.05) is 0 Å². The van der Waals surface area contributed by atoms with Crippen molar-refractivity contribution in [3.05, 3.63) is 45.0 Å². The van der Waals surface area contributed by atoms with Gasteiger partial charge >= 0.3 is 0 Å². The highest BCUT2D eigenvalue weighted by molar-refractivity contribution is 9.10. The van der Waals surface area contributed by atoms with E-state index in [1.165, 1.54) is 5.57 Å². The molecule has 0 bridgehead atoms. The Kier molecular flexibility index (Phi) is 3.93. The lowest BCUT2D eigenvalue weighted by Gasteiger charge is -2.04. The Morgan fingerprint density at radius 2 is 2.17 bits per heavy atom. The number of aromatic nitrogens is 1. The minimum Gasteiger partial charge on any atom is -0.333 e. The minimum absolute atomic E-state index is 0.517. The number of hydrogen-bond donors (Lipinski definition) is 0. The lowest BCUT2D eigenvalue weighted by Crippen LogP contribution is -2.00. The second-order valence-electron chi connectivity index (χ2n) is 4.37. The van der Waals surface area contributed by atoms with Crippen molar-refractivity contribution in [2.24, 2.45) is 0 Å². The molecule has 0 saturated heterocycles. The van der Waals surface area contributed by atoms with E-state index in [1.807, 2.05) is 36.6 Å². The SMILES string of the molecule is CC(C)=CCn1c(C=O)c(Cl)c2cc(Br)ccc21. The van der Waals surface area contributed by atoms with Gasteiger partial charge in [0.15, 0.2) is 6.29 Å². The highest BCUT2D eigenvalue weighted by atomic mass is 79.9. The Balaban J connectivity index is 2.69. The van der Waals surface area contributed by atoms with Gasteiger partial charge in [-0.25, -0.2) is 0 Å². The molecule has 2 nitrogen and oxygen atoms in total. The maximum Gasteiger partial charge on any atom is 0.168 e. The number of hydrogen-bond acceptors (Lipinski definition) is 1. The molecule has 18 heavy (non-hydrogen) atoms. The van der Waals surface area contributed by atoms with Crippen LogP contribution in [0.1, 0.15) is 24.3 Å². The van der Waals surface area contributed by atoms with E-state index < -0.39 is 0 Å². The molecule has 0 amide bonds. The molecule has 0 unspecified atom stereocenters. The van der Waals surface area contributed by atoms with Crippen LogP contribution in [0.4, 0.5) is 0 Å². The fraction of sp³-hybridized carbons (Fsp3) is 0.214. The molecule has 0 N–H and O–H groups in total. The van der Waals surface area contributed by atoms with Gasteiger partial charge in [-0.2, -0.15) is 0 Å². The van der Waals surface area contributed by atoms with Crippen LogP contribution in [0, 0.1) is 0 Å². The average molecular weight is 327 g/mol. The first kappa shape index (κ1) is 13.4. The van der Waals surface area contributed by atoms with E-state index in [-0.39, 0.29) is 0 Å². The topological polar surface area (TPSA) is 22.0 Å². The summed E-state index contributed by atoms with van der Waals surface area (Å²) in [4.78, 5) is 11.2. The molecule has 0 saturated carbocycles. The normalized spacial score (nSPS) is 10.7. The van der Waals surface area contributed by atoms with Crippen molar-refractivity contribution in [1.82, 2.24) is 4.57 Å². The van der Waals surface area contributed by atoms with Gasteiger partial charge in [0.05, 0.1) is 10.5 Å². The molecule has 2 rings (SSSR count). The molecule has 0 aliphatic heterocycles. The number of carbonyl (C=O) groups excluding carboxylic acids is 1. The van der Waals surface area contributed by atoms with Crippen LogP contribution >= 0.6 is 27.5 Å². The molecule has 1 heterocycles. The summed E-state index contributed by atoms with van der Waals surface area (Å²) in [6.07, 6.45) is 2.89. The summed E-state index contributed by atoms with van der Waals surface area (Å²) in [6.45, 7) is 4.72. The molecule has 1 aromatic carbocycles. The monoisotopic (exact) mass is 325 g/mol. The van der Waals surface area contributed by atoms with Crippen molar-refractivity contribution in [3.63, 3.8) is 0 Å². The van der Waals surface area contributed by atoms with Crippen LogP contribution in [0.15, 0.2) is 34.3 Å². The van der Waals surface area contributed by atoms with Crippen LogP contribution in [-0.2, 0) is 6.54 Å². The molecule has 94 valence electrons. The Morgan fingerprint density at radius 1 is 1.44 bits per heavy atom. The second kappa shape index (κ2) is 5.29. The van der Waals surface area contributed by atoms with Gasteiger partial charge in [0.1, 0.15) is 5.69 Å². The third-order valence-electron chi connectivity index (χ3n) is 2.80. The summed E-state index contributed by atoms with van der Waals surface area (Å²) in [7, 11) is 0. The molecule has 0 radical (unpaired) electrons.